The highest BCUT2D eigenvalue weighted by Gasteiger charge is 2.15. The maximum absolute atomic E-state index is 11.8. The van der Waals surface area contributed by atoms with Crippen LogP contribution in [0, 0.1) is 0 Å². The third kappa shape index (κ3) is 4.07. The Labute approximate surface area is 137 Å². The van der Waals surface area contributed by atoms with Crippen LogP contribution in [0.4, 0.5) is 0 Å². The SMILES string of the molecule is COC(=O)CSc1nc2ncc(C(C)=O)c(C=CN(C)C)n2n1. The van der Waals surface area contributed by atoms with E-state index in [0.717, 1.165) is 11.8 Å². The summed E-state index contributed by atoms with van der Waals surface area (Å²) in [7, 11) is 5.08. The average Bonchev–Trinajstić information content (AvgIpc) is 2.92. The number of nitrogens with zero attached hydrogens (tertiary/aromatic N) is 5. The fourth-order valence-corrected chi connectivity index (χ4v) is 2.38. The Morgan fingerprint density at radius 1 is 1.43 bits per heavy atom. The molecular weight excluding hydrogens is 318 g/mol. The van der Waals surface area contributed by atoms with Crippen LogP contribution in [0.5, 0.6) is 0 Å². The second kappa shape index (κ2) is 7.23. The van der Waals surface area contributed by atoms with Crippen molar-refractivity contribution in [2.45, 2.75) is 12.1 Å². The van der Waals surface area contributed by atoms with E-state index in [1.54, 1.807) is 6.08 Å². The largest absolute Gasteiger partial charge is 0.468 e. The van der Waals surface area contributed by atoms with Crippen LogP contribution >= 0.6 is 11.8 Å². The zero-order chi connectivity index (χ0) is 17.0. The Hall–Kier alpha value is -2.42. The molecule has 0 aliphatic heterocycles. The molecule has 2 heterocycles. The predicted molar refractivity (Wildman–Crippen MR) is 86.2 cm³/mol. The number of methoxy groups -OCH3 is 1. The van der Waals surface area contributed by atoms with Crippen molar-refractivity contribution in [3.63, 3.8) is 0 Å². The van der Waals surface area contributed by atoms with Crippen LogP contribution in [0.15, 0.2) is 17.6 Å². The van der Waals surface area contributed by atoms with Gasteiger partial charge < -0.3 is 9.64 Å². The Morgan fingerprint density at radius 3 is 2.78 bits per heavy atom. The Bertz CT molecular complexity index is 769. The van der Waals surface area contributed by atoms with E-state index < -0.39 is 0 Å². The topological polar surface area (TPSA) is 89.7 Å². The highest BCUT2D eigenvalue weighted by Crippen LogP contribution is 2.18. The number of ketones is 1. The van der Waals surface area contributed by atoms with Crippen molar-refractivity contribution in [1.29, 1.82) is 0 Å². The first kappa shape index (κ1) is 16.9. The van der Waals surface area contributed by atoms with Crippen LogP contribution in [0.1, 0.15) is 23.0 Å². The number of ether oxygens (including phenoxy) is 1. The minimum absolute atomic E-state index is 0.107. The molecule has 0 atom stereocenters. The van der Waals surface area contributed by atoms with Gasteiger partial charge in [-0.05, 0) is 13.0 Å². The van der Waals surface area contributed by atoms with Crippen LogP contribution in [0.25, 0.3) is 11.9 Å². The minimum Gasteiger partial charge on any atom is -0.468 e. The maximum atomic E-state index is 11.8. The fraction of sp³-hybridized carbons (Fsp3) is 0.357. The summed E-state index contributed by atoms with van der Waals surface area (Å²) in [6, 6.07) is 0. The molecule has 0 aromatic carbocycles. The van der Waals surface area contributed by atoms with Crippen LogP contribution in [0.3, 0.4) is 0 Å². The van der Waals surface area contributed by atoms with E-state index in [1.807, 2.05) is 25.2 Å². The molecule has 9 heteroatoms. The number of aromatic nitrogens is 4. The molecule has 0 amide bonds. The van der Waals surface area contributed by atoms with Crippen molar-refractivity contribution in [2.24, 2.45) is 0 Å². The zero-order valence-corrected chi connectivity index (χ0v) is 14.1. The van der Waals surface area contributed by atoms with E-state index in [4.69, 9.17) is 0 Å². The number of hydrogen-bond donors (Lipinski definition) is 0. The van der Waals surface area contributed by atoms with Crippen molar-refractivity contribution in [1.82, 2.24) is 24.5 Å². The third-order valence-electron chi connectivity index (χ3n) is 2.84. The van der Waals surface area contributed by atoms with E-state index in [0.29, 0.717) is 22.2 Å². The van der Waals surface area contributed by atoms with Gasteiger partial charge in [-0.2, -0.15) is 9.50 Å². The van der Waals surface area contributed by atoms with E-state index in [1.165, 1.54) is 24.7 Å². The van der Waals surface area contributed by atoms with Crippen molar-refractivity contribution >= 4 is 35.4 Å². The van der Waals surface area contributed by atoms with Gasteiger partial charge in [0.1, 0.15) is 0 Å². The zero-order valence-electron chi connectivity index (χ0n) is 13.3. The van der Waals surface area contributed by atoms with E-state index in [9.17, 15) is 9.59 Å². The van der Waals surface area contributed by atoms with Gasteiger partial charge in [-0.3, -0.25) is 9.59 Å². The molecule has 2 rings (SSSR count). The summed E-state index contributed by atoms with van der Waals surface area (Å²) in [5.74, 6) is -0.00710. The number of thioether (sulfide) groups is 1. The summed E-state index contributed by atoms with van der Waals surface area (Å²) >= 11 is 1.15. The third-order valence-corrected chi connectivity index (χ3v) is 3.65. The van der Waals surface area contributed by atoms with Crippen LogP contribution in [-0.4, -0.2) is 63.2 Å². The summed E-state index contributed by atoms with van der Waals surface area (Å²) in [5, 5.41) is 4.71. The number of carbonyl (C=O) groups is 2. The molecule has 0 fully saturated rings. The molecule has 2 aromatic rings. The van der Waals surface area contributed by atoms with Gasteiger partial charge in [0.15, 0.2) is 5.78 Å². The summed E-state index contributed by atoms with van der Waals surface area (Å²) in [4.78, 5) is 33.2. The molecule has 0 aliphatic rings. The first-order chi connectivity index (χ1) is 10.9. The van der Waals surface area contributed by atoms with Gasteiger partial charge in [-0.15, -0.1) is 5.10 Å². The summed E-state index contributed by atoms with van der Waals surface area (Å²) in [6.07, 6.45) is 5.06. The van der Waals surface area contributed by atoms with E-state index in [2.05, 4.69) is 19.8 Å². The monoisotopic (exact) mass is 335 g/mol. The molecule has 0 saturated carbocycles. The van der Waals surface area contributed by atoms with Gasteiger partial charge >= 0.3 is 5.97 Å². The Kier molecular flexibility index (Phi) is 5.32. The number of fused-ring (bicyclic) bond motifs is 1. The molecule has 0 spiro atoms. The molecule has 0 bridgehead atoms. The number of carbonyl (C=O) groups excluding carboxylic acids is 2. The Balaban J connectivity index is 2.45. The van der Waals surface area contributed by atoms with E-state index in [-0.39, 0.29) is 17.5 Å². The van der Waals surface area contributed by atoms with Crippen LogP contribution < -0.4 is 0 Å². The molecule has 0 aliphatic carbocycles. The summed E-state index contributed by atoms with van der Waals surface area (Å²) in [6.45, 7) is 1.47. The minimum atomic E-state index is -0.362. The van der Waals surface area contributed by atoms with Gasteiger partial charge in [-0.25, -0.2) is 4.98 Å². The van der Waals surface area contributed by atoms with E-state index >= 15 is 0 Å². The van der Waals surface area contributed by atoms with Crippen molar-refractivity contribution in [2.75, 3.05) is 27.0 Å². The molecule has 122 valence electrons. The first-order valence-corrected chi connectivity index (χ1v) is 7.72. The second-order valence-corrected chi connectivity index (χ2v) is 5.81. The number of hydrogen-bond acceptors (Lipinski definition) is 8. The molecule has 0 unspecified atom stereocenters. The highest BCUT2D eigenvalue weighted by atomic mass is 32.2. The lowest BCUT2D eigenvalue weighted by molar-refractivity contribution is -0.137. The number of Topliss-reactive ketones (excluding diaryl/α,β-unsaturated/α-hetero) is 1. The molecule has 0 N–H and O–H groups in total. The maximum Gasteiger partial charge on any atom is 0.316 e. The fourth-order valence-electron chi connectivity index (χ4n) is 1.73. The van der Waals surface area contributed by atoms with Gasteiger partial charge in [-0.1, -0.05) is 11.8 Å². The average molecular weight is 335 g/mol. The van der Waals surface area contributed by atoms with Crippen molar-refractivity contribution in [3.8, 4) is 0 Å². The highest BCUT2D eigenvalue weighted by molar-refractivity contribution is 7.99. The summed E-state index contributed by atoms with van der Waals surface area (Å²) < 4.78 is 6.08. The van der Waals surface area contributed by atoms with Crippen molar-refractivity contribution in [3.05, 3.63) is 23.7 Å². The number of esters is 1. The van der Waals surface area contributed by atoms with Gasteiger partial charge in [0.25, 0.3) is 5.78 Å². The molecule has 23 heavy (non-hydrogen) atoms. The normalized spacial score (nSPS) is 11.1. The molecule has 2 aromatic heterocycles. The van der Waals surface area contributed by atoms with Gasteiger partial charge in [0, 0.05) is 26.5 Å². The molecular formula is C14H17N5O3S. The standard InChI is InChI=1S/C14H17N5O3S/c1-9(20)10-7-15-13-16-14(23-8-12(21)22-4)17-19(13)11(10)5-6-18(2)3/h5-7H,8H2,1-4H3. The predicted octanol–water partition coefficient (Wildman–Crippen LogP) is 1.12. The summed E-state index contributed by atoms with van der Waals surface area (Å²) in [5.41, 5.74) is 1.04. The smallest absolute Gasteiger partial charge is 0.316 e. The molecule has 8 nitrogen and oxygen atoms in total. The second-order valence-electron chi connectivity index (χ2n) is 4.86. The van der Waals surface area contributed by atoms with Gasteiger partial charge in [0.05, 0.1) is 24.1 Å². The first-order valence-electron chi connectivity index (χ1n) is 6.73. The number of rotatable bonds is 6. The lowest BCUT2D eigenvalue weighted by atomic mass is 10.1. The Morgan fingerprint density at radius 2 is 2.17 bits per heavy atom. The molecule has 0 radical (unpaired) electrons. The lowest BCUT2D eigenvalue weighted by Gasteiger charge is -2.06. The quantitative estimate of drug-likeness (QED) is 0.441. The molecule has 0 saturated heterocycles. The van der Waals surface area contributed by atoms with Crippen LogP contribution in [0.2, 0.25) is 0 Å². The van der Waals surface area contributed by atoms with Crippen molar-refractivity contribution < 1.29 is 14.3 Å². The van der Waals surface area contributed by atoms with Gasteiger partial charge in [0.2, 0.25) is 5.16 Å². The lowest BCUT2D eigenvalue weighted by Crippen LogP contribution is -2.07. The van der Waals surface area contributed by atoms with Crippen LogP contribution in [-0.2, 0) is 9.53 Å².